The molecule has 66 valence electrons. The number of ether oxygens (including phenoxy) is 1. The summed E-state index contributed by atoms with van der Waals surface area (Å²) in [5, 5.41) is 7.22. The van der Waals surface area contributed by atoms with Gasteiger partial charge in [-0.3, -0.25) is 9.48 Å². The molecule has 0 saturated carbocycles. The maximum absolute atomic E-state index is 10.8. The minimum absolute atomic E-state index is 0.284. The van der Waals surface area contributed by atoms with E-state index in [1.165, 1.54) is 18.0 Å². The largest absolute Gasteiger partial charge is 0.468 e. The Balaban J connectivity index is 2.47. The van der Waals surface area contributed by atoms with Gasteiger partial charge in [-0.05, 0) is 0 Å². The van der Waals surface area contributed by atoms with E-state index in [9.17, 15) is 4.79 Å². The number of methoxy groups -OCH3 is 1. The molecular weight excluding hydrogens is 160 g/mol. The summed E-state index contributed by atoms with van der Waals surface area (Å²) in [4.78, 5) is 10.8. The van der Waals surface area contributed by atoms with Crippen LogP contribution in [0.25, 0.3) is 0 Å². The molecule has 2 N–H and O–H groups in total. The molecular formula is C6H10N4O2. The molecule has 6 nitrogen and oxygen atoms in total. The smallest absolute Gasteiger partial charge is 0.324 e. The molecule has 0 spiro atoms. The van der Waals surface area contributed by atoms with Crippen LogP contribution in [0.3, 0.4) is 0 Å². The van der Waals surface area contributed by atoms with Crippen molar-refractivity contribution in [2.24, 2.45) is 5.73 Å². The first-order valence-electron chi connectivity index (χ1n) is 3.41. The fraction of sp³-hybridized carbons (Fsp3) is 0.500. The van der Waals surface area contributed by atoms with Crippen LogP contribution in [0.4, 0.5) is 0 Å². The van der Waals surface area contributed by atoms with E-state index >= 15 is 0 Å². The van der Waals surface area contributed by atoms with Crippen LogP contribution in [-0.4, -0.2) is 34.1 Å². The van der Waals surface area contributed by atoms with Crippen molar-refractivity contribution in [2.75, 3.05) is 7.11 Å². The number of carbonyl (C=O) groups is 1. The van der Waals surface area contributed by atoms with Crippen LogP contribution in [0.5, 0.6) is 0 Å². The SMILES string of the molecule is COC(=O)C(N)Cn1ccnn1. The molecule has 0 aliphatic rings. The molecule has 0 fully saturated rings. The lowest BCUT2D eigenvalue weighted by molar-refractivity contribution is -0.142. The van der Waals surface area contributed by atoms with Crippen molar-refractivity contribution in [3.63, 3.8) is 0 Å². The lowest BCUT2D eigenvalue weighted by atomic mass is 10.3. The predicted octanol–water partition coefficient (Wildman–Crippen LogP) is -1.22. The number of nitrogens with zero attached hydrogens (tertiary/aromatic N) is 3. The molecule has 0 aromatic carbocycles. The van der Waals surface area contributed by atoms with E-state index in [0.717, 1.165) is 0 Å². The van der Waals surface area contributed by atoms with Gasteiger partial charge in [-0.2, -0.15) is 0 Å². The normalized spacial score (nSPS) is 12.5. The molecule has 0 radical (unpaired) electrons. The Morgan fingerprint density at radius 2 is 2.58 bits per heavy atom. The molecule has 0 amide bonds. The molecule has 1 aromatic rings. The highest BCUT2D eigenvalue weighted by atomic mass is 16.5. The highest BCUT2D eigenvalue weighted by Gasteiger charge is 2.13. The number of hydrogen-bond acceptors (Lipinski definition) is 5. The van der Waals surface area contributed by atoms with Gasteiger partial charge in [-0.1, -0.05) is 5.21 Å². The number of aromatic nitrogens is 3. The van der Waals surface area contributed by atoms with Crippen LogP contribution in [0.1, 0.15) is 0 Å². The van der Waals surface area contributed by atoms with Crippen molar-refractivity contribution in [1.82, 2.24) is 15.0 Å². The number of rotatable bonds is 3. The second kappa shape index (κ2) is 3.82. The van der Waals surface area contributed by atoms with E-state index in [1.54, 1.807) is 6.20 Å². The fourth-order valence-electron chi connectivity index (χ4n) is 0.758. The van der Waals surface area contributed by atoms with Gasteiger partial charge in [-0.25, -0.2) is 0 Å². The summed E-state index contributed by atoms with van der Waals surface area (Å²) in [6, 6.07) is -0.684. The molecule has 12 heavy (non-hydrogen) atoms. The minimum atomic E-state index is -0.684. The van der Waals surface area contributed by atoms with Gasteiger partial charge in [0.05, 0.1) is 19.9 Å². The fourth-order valence-corrected chi connectivity index (χ4v) is 0.758. The summed E-state index contributed by atoms with van der Waals surface area (Å²) in [5.41, 5.74) is 5.46. The Morgan fingerprint density at radius 1 is 1.83 bits per heavy atom. The van der Waals surface area contributed by atoms with Crippen LogP contribution >= 0.6 is 0 Å². The van der Waals surface area contributed by atoms with Crippen molar-refractivity contribution < 1.29 is 9.53 Å². The van der Waals surface area contributed by atoms with Crippen LogP contribution in [0, 0.1) is 0 Å². The van der Waals surface area contributed by atoms with Gasteiger partial charge in [0.1, 0.15) is 6.04 Å². The topological polar surface area (TPSA) is 83.0 Å². The van der Waals surface area contributed by atoms with Crippen LogP contribution < -0.4 is 5.73 Å². The number of hydrogen-bond donors (Lipinski definition) is 1. The molecule has 0 aliphatic heterocycles. The van der Waals surface area contributed by atoms with Crippen molar-refractivity contribution in [2.45, 2.75) is 12.6 Å². The van der Waals surface area contributed by atoms with E-state index < -0.39 is 12.0 Å². The zero-order valence-corrected chi connectivity index (χ0v) is 6.67. The van der Waals surface area contributed by atoms with E-state index in [-0.39, 0.29) is 6.54 Å². The Bertz CT molecular complexity index is 246. The van der Waals surface area contributed by atoms with Gasteiger partial charge in [0.25, 0.3) is 0 Å². The minimum Gasteiger partial charge on any atom is -0.468 e. The Labute approximate surface area is 69.3 Å². The van der Waals surface area contributed by atoms with Gasteiger partial charge in [0.15, 0.2) is 0 Å². The molecule has 1 atom stereocenters. The number of esters is 1. The van der Waals surface area contributed by atoms with Crippen LogP contribution in [0.2, 0.25) is 0 Å². The lowest BCUT2D eigenvalue weighted by Gasteiger charge is -2.07. The molecule has 0 aliphatic carbocycles. The van der Waals surface area contributed by atoms with Crippen LogP contribution in [-0.2, 0) is 16.1 Å². The van der Waals surface area contributed by atoms with Crippen molar-refractivity contribution >= 4 is 5.97 Å². The van der Waals surface area contributed by atoms with Gasteiger partial charge >= 0.3 is 5.97 Å². The molecule has 0 bridgehead atoms. The summed E-state index contributed by atoms with van der Waals surface area (Å²) >= 11 is 0. The average molecular weight is 170 g/mol. The summed E-state index contributed by atoms with van der Waals surface area (Å²) in [6.45, 7) is 0.284. The quantitative estimate of drug-likeness (QED) is 0.575. The summed E-state index contributed by atoms with van der Waals surface area (Å²) in [7, 11) is 1.30. The Kier molecular flexibility index (Phi) is 2.76. The highest BCUT2D eigenvalue weighted by Crippen LogP contribution is 1.88. The zero-order valence-electron chi connectivity index (χ0n) is 6.67. The second-order valence-electron chi connectivity index (χ2n) is 2.25. The van der Waals surface area contributed by atoms with Crippen LogP contribution in [0.15, 0.2) is 12.4 Å². The van der Waals surface area contributed by atoms with E-state index in [1.807, 2.05) is 0 Å². The standard InChI is InChI=1S/C6H10N4O2/c1-12-6(11)5(7)4-10-3-2-8-9-10/h2-3,5H,4,7H2,1H3. The molecule has 6 heteroatoms. The average Bonchev–Trinajstić information content (AvgIpc) is 2.55. The molecule has 1 unspecified atom stereocenters. The lowest BCUT2D eigenvalue weighted by Crippen LogP contribution is -2.35. The summed E-state index contributed by atoms with van der Waals surface area (Å²) < 4.78 is 5.91. The van der Waals surface area contributed by atoms with Gasteiger partial charge in [0, 0.05) is 6.20 Å². The first kappa shape index (κ1) is 8.66. The third kappa shape index (κ3) is 2.03. The van der Waals surface area contributed by atoms with Gasteiger partial charge in [-0.15, -0.1) is 5.10 Å². The predicted molar refractivity (Wildman–Crippen MR) is 40.0 cm³/mol. The first-order chi connectivity index (χ1) is 5.74. The maximum Gasteiger partial charge on any atom is 0.324 e. The van der Waals surface area contributed by atoms with Crippen molar-refractivity contribution in [3.05, 3.63) is 12.4 Å². The molecule has 1 heterocycles. The second-order valence-corrected chi connectivity index (χ2v) is 2.25. The number of nitrogens with two attached hydrogens (primary N) is 1. The van der Waals surface area contributed by atoms with E-state index in [2.05, 4.69) is 15.0 Å². The molecule has 0 saturated heterocycles. The Hall–Kier alpha value is -1.43. The zero-order chi connectivity index (χ0) is 8.97. The Morgan fingerprint density at radius 3 is 3.08 bits per heavy atom. The number of carbonyl (C=O) groups excluding carboxylic acids is 1. The van der Waals surface area contributed by atoms with E-state index in [4.69, 9.17) is 5.73 Å². The van der Waals surface area contributed by atoms with Crippen molar-refractivity contribution in [3.8, 4) is 0 Å². The summed E-state index contributed by atoms with van der Waals surface area (Å²) in [5.74, 6) is -0.453. The monoisotopic (exact) mass is 170 g/mol. The summed E-state index contributed by atoms with van der Waals surface area (Å²) in [6.07, 6.45) is 3.15. The molecule has 1 rings (SSSR count). The third-order valence-corrected chi connectivity index (χ3v) is 1.36. The molecule has 1 aromatic heterocycles. The van der Waals surface area contributed by atoms with Crippen molar-refractivity contribution in [1.29, 1.82) is 0 Å². The first-order valence-corrected chi connectivity index (χ1v) is 3.41. The maximum atomic E-state index is 10.8. The van der Waals surface area contributed by atoms with E-state index in [0.29, 0.717) is 0 Å². The van der Waals surface area contributed by atoms with Gasteiger partial charge < -0.3 is 10.5 Å². The highest BCUT2D eigenvalue weighted by molar-refractivity contribution is 5.75. The third-order valence-electron chi connectivity index (χ3n) is 1.36. The van der Waals surface area contributed by atoms with Gasteiger partial charge in [0.2, 0.25) is 0 Å².